The summed E-state index contributed by atoms with van der Waals surface area (Å²) in [6.07, 6.45) is 1.75. The summed E-state index contributed by atoms with van der Waals surface area (Å²) in [6, 6.07) is 5.65. The van der Waals surface area contributed by atoms with Gasteiger partial charge in [0.15, 0.2) is 0 Å². The molecule has 2 N–H and O–H groups in total. The molecule has 21 heavy (non-hydrogen) atoms. The number of ether oxygens (including phenoxy) is 3. The molecule has 1 aliphatic rings. The van der Waals surface area contributed by atoms with Crippen molar-refractivity contribution in [2.75, 3.05) is 39.3 Å². The lowest BCUT2D eigenvalue weighted by molar-refractivity contribution is -0.120. The van der Waals surface area contributed by atoms with Crippen molar-refractivity contribution < 1.29 is 19.0 Å². The highest BCUT2D eigenvalue weighted by Gasteiger charge is 2.15. The van der Waals surface area contributed by atoms with E-state index in [0.717, 1.165) is 18.5 Å². The van der Waals surface area contributed by atoms with E-state index in [4.69, 9.17) is 14.2 Å². The van der Waals surface area contributed by atoms with E-state index in [0.29, 0.717) is 24.7 Å². The maximum Gasteiger partial charge on any atom is 0.239 e. The van der Waals surface area contributed by atoms with Crippen LogP contribution in [-0.2, 0) is 9.53 Å². The van der Waals surface area contributed by atoms with Gasteiger partial charge in [-0.2, -0.15) is 0 Å². The SMILES string of the molecule is COc1cc(NCC(=O)NC2CCOCC2)cc(OC)c1. The molecule has 6 heteroatoms. The normalized spacial score (nSPS) is 15.3. The fraction of sp³-hybridized carbons (Fsp3) is 0.533. The summed E-state index contributed by atoms with van der Waals surface area (Å²) in [4.78, 5) is 11.9. The minimum atomic E-state index is -0.0244. The predicted molar refractivity (Wildman–Crippen MR) is 80.0 cm³/mol. The summed E-state index contributed by atoms with van der Waals surface area (Å²) in [5, 5.41) is 6.08. The van der Waals surface area contributed by atoms with Crippen molar-refractivity contribution >= 4 is 11.6 Å². The molecule has 1 heterocycles. The number of amides is 1. The van der Waals surface area contributed by atoms with Crippen molar-refractivity contribution in [3.63, 3.8) is 0 Å². The van der Waals surface area contributed by atoms with Crippen LogP contribution in [0.4, 0.5) is 5.69 Å². The second-order valence-electron chi connectivity index (χ2n) is 4.91. The zero-order valence-electron chi connectivity index (χ0n) is 12.5. The molecule has 0 saturated carbocycles. The third kappa shape index (κ3) is 4.82. The molecule has 1 fully saturated rings. The minimum absolute atomic E-state index is 0.0244. The van der Waals surface area contributed by atoms with Gasteiger partial charge in [0, 0.05) is 43.1 Å². The summed E-state index contributed by atoms with van der Waals surface area (Å²) in [7, 11) is 3.19. The Morgan fingerprint density at radius 2 is 1.81 bits per heavy atom. The number of rotatable bonds is 6. The Bertz CT molecular complexity index is 450. The van der Waals surface area contributed by atoms with E-state index in [2.05, 4.69) is 10.6 Å². The first-order valence-corrected chi connectivity index (χ1v) is 7.05. The van der Waals surface area contributed by atoms with Crippen molar-refractivity contribution in [2.45, 2.75) is 18.9 Å². The third-order valence-corrected chi connectivity index (χ3v) is 3.39. The zero-order valence-corrected chi connectivity index (χ0v) is 12.5. The number of methoxy groups -OCH3 is 2. The first-order chi connectivity index (χ1) is 10.2. The van der Waals surface area contributed by atoms with Gasteiger partial charge in [0.25, 0.3) is 0 Å². The maximum absolute atomic E-state index is 11.9. The Morgan fingerprint density at radius 3 is 2.38 bits per heavy atom. The lowest BCUT2D eigenvalue weighted by Crippen LogP contribution is -2.41. The first kappa shape index (κ1) is 15.4. The third-order valence-electron chi connectivity index (χ3n) is 3.39. The molecule has 0 aliphatic carbocycles. The summed E-state index contributed by atoms with van der Waals surface area (Å²) in [5.74, 6) is 1.34. The number of carbonyl (C=O) groups excluding carboxylic acids is 1. The number of nitrogens with one attached hydrogen (secondary N) is 2. The summed E-state index contributed by atoms with van der Waals surface area (Å²) in [6.45, 7) is 1.64. The molecule has 1 aromatic carbocycles. The lowest BCUT2D eigenvalue weighted by Gasteiger charge is -2.23. The molecule has 0 bridgehead atoms. The number of benzene rings is 1. The smallest absolute Gasteiger partial charge is 0.239 e. The molecule has 2 rings (SSSR count). The van der Waals surface area contributed by atoms with Gasteiger partial charge in [-0.1, -0.05) is 0 Å². The number of hydrogen-bond acceptors (Lipinski definition) is 5. The van der Waals surface area contributed by atoms with E-state index in [-0.39, 0.29) is 18.5 Å². The molecule has 1 aliphatic heterocycles. The van der Waals surface area contributed by atoms with Crippen molar-refractivity contribution in [1.82, 2.24) is 5.32 Å². The Balaban J connectivity index is 1.85. The second-order valence-corrected chi connectivity index (χ2v) is 4.91. The Labute approximate surface area is 124 Å². The van der Waals surface area contributed by atoms with Crippen molar-refractivity contribution in [3.05, 3.63) is 18.2 Å². The van der Waals surface area contributed by atoms with Gasteiger partial charge < -0.3 is 24.8 Å². The average molecular weight is 294 g/mol. The van der Waals surface area contributed by atoms with Crippen LogP contribution in [0.5, 0.6) is 11.5 Å². The largest absolute Gasteiger partial charge is 0.497 e. The molecule has 6 nitrogen and oxygen atoms in total. The topological polar surface area (TPSA) is 68.8 Å². The van der Waals surface area contributed by atoms with Gasteiger partial charge in [-0.05, 0) is 12.8 Å². The van der Waals surface area contributed by atoms with Gasteiger partial charge in [0.2, 0.25) is 5.91 Å². The molecular weight excluding hydrogens is 272 g/mol. The van der Waals surface area contributed by atoms with E-state index < -0.39 is 0 Å². The Kier molecular flexibility index (Phi) is 5.68. The first-order valence-electron chi connectivity index (χ1n) is 7.05. The number of carbonyl (C=O) groups is 1. The van der Waals surface area contributed by atoms with Gasteiger partial charge in [0.05, 0.1) is 20.8 Å². The standard InChI is InChI=1S/C15H22N2O4/c1-19-13-7-12(8-14(9-13)20-2)16-10-15(18)17-11-3-5-21-6-4-11/h7-9,11,16H,3-6,10H2,1-2H3,(H,17,18). The summed E-state index contributed by atoms with van der Waals surface area (Å²) >= 11 is 0. The number of anilines is 1. The van der Waals surface area contributed by atoms with E-state index in [1.807, 2.05) is 12.1 Å². The molecule has 1 aromatic rings. The van der Waals surface area contributed by atoms with E-state index >= 15 is 0 Å². The summed E-state index contributed by atoms with van der Waals surface area (Å²) < 4.78 is 15.6. The van der Waals surface area contributed by atoms with Crippen LogP contribution in [0.25, 0.3) is 0 Å². The fourth-order valence-electron chi connectivity index (χ4n) is 2.21. The van der Waals surface area contributed by atoms with Crippen LogP contribution in [0.3, 0.4) is 0 Å². The lowest BCUT2D eigenvalue weighted by atomic mass is 10.1. The van der Waals surface area contributed by atoms with Crippen LogP contribution >= 0.6 is 0 Å². The highest BCUT2D eigenvalue weighted by atomic mass is 16.5. The molecule has 1 saturated heterocycles. The zero-order chi connectivity index (χ0) is 15.1. The monoisotopic (exact) mass is 294 g/mol. The van der Waals surface area contributed by atoms with Crippen LogP contribution in [0.2, 0.25) is 0 Å². The van der Waals surface area contributed by atoms with Crippen LogP contribution < -0.4 is 20.1 Å². The molecule has 1 amide bonds. The van der Waals surface area contributed by atoms with Gasteiger partial charge in [0.1, 0.15) is 11.5 Å². The Morgan fingerprint density at radius 1 is 1.19 bits per heavy atom. The van der Waals surface area contributed by atoms with Crippen LogP contribution in [0.1, 0.15) is 12.8 Å². The van der Waals surface area contributed by atoms with Crippen LogP contribution in [0.15, 0.2) is 18.2 Å². The number of hydrogen-bond donors (Lipinski definition) is 2. The van der Waals surface area contributed by atoms with E-state index in [1.54, 1.807) is 20.3 Å². The van der Waals surface area contributed by atoms with Crippen LogP contribution in [0, 0.1) is 0 Å². The molecular formula is C15H22N2O4. The molecule has 0 aromatic heterocycles. The Hall–Kier alpha value is -1.95. The average Bonchev–Trinajstić information content (AvgIpc) is 2.53. The van der Waals surface area contributed by atoms with Gasteiger partial charge in [-0.25, -0.2) is 0 Å². The maximum atomic E-state index is 11.9. The van der Waals surface area contributed by atoms with E-state index in [1.165, 1.54) is 0 Å². The molecule has 116 valence electrons. The highest BCUT2D eigenvalue weighted by Crippen LogP contribution is 2.25. The summed E-state index contributed by atoms with van der Waals surface area (Å²) in [5.41, 5.74) is 0.785. The van der Waals surface area contributed by atoms with Crippen LogP contribution in [-0.4, -0.2) is 45.9 Å². The quantitative estimate of drug-likeness (QED) is 0.830. The second kappa shape index (κ2) is 7.73. The molecule has 0 radical (unpaired) electrons. The minimum Gasteiger partial charge on any atom is -0.497 e. The van der Waals surface area contributed by atoms with Gasteiger partial charge >= 0.3 is 0 Å². The molecule has 0 atom stereocenters. The molecule has 0 spiro atoms. The molecule has 0 unspecified atom stereocenters. The fourth-order valence-corrected chi connectivity index (χ4v) is 2.21. The van der Waals surface area contributed by atoms with Crippen molar-refractivity contribution in [2.24, 2.45) is 0 Å². The predicted octanol–water partition coefficient (Wildman–Crippen LogP) is 1.41. The van der Waals surface area contributed by atoms with Gasteiger partial charge in [-0.15, -0.1) is 0 Å². The highest BCUT2D eigenvalue weighted by molar-refractivity contribution is 5.81. The van der Waals surface area contributed by atoms with Crippen molar-refractivity contribution in [3.8, 4) is 11.5 Å². The van der Waals surface area contributed by atoms with Crippen molar-refractivity contribution in [1.29, 1.82) is 0 Å². The van der Waals surface area contributed by atoms with E-state index in [9.17, 15) is 4.79 Å². The van der Waals surface area contributed by atoms with Gasteiger partial charge in [-0.3, -0.25) is 4.79 Å².